The maximum Gasteiger partial charge on any atom is 0.356 e. The molecule has 0 saturated carbocycles. The van der Waals surface area contributed by atoms with E-state index in [9.17, 15) is 9.18 Å². The van der Waals surface area contributed by atoms with Crippen molar-refractivity contribution in [2.75, 3.05) is 0 Å². The number of benzene rings is 1. The van der Waals surface area contributed by atoms with Crippen molar-refractivity contribution >= 4 is 17.6 Å². The molecule has 6 heteroatoms. The van der Waals surface area contributed by atoms with Crippen LogP contribution in [0.2, 0.25) is 5.02 Å². The number of carboxylic acid groups (broad SMARTS) is 1. The van der Waals surface area contributed by atoms with Crippen LogP contribution in [-0.4, -0.2) is 20.9 Å². The van der Waals surface area contributed by atoms with Crippen LogP contribution >= 0.6 is 11.6 Å². The molecule has 19 heavy (non-hydrogen) atoms. The molecule has 2 aromatic rings. The molecule has 0 radical (unpaired) electrons. The van der Waals surface area contributed by atoms with Crippen LogP contribution < -0.4 is 0 Å². The molecule has 1 aromatic carbocycles. The Morgan fingerprint density at radius 3 is 2.95 bits per heavy atom. The topological polar surface area (TPSA) is 55.1 Å². The number of rotatable bonds is 2. The van der Waals surface area contributed by atoms with Crippen molar-refractivity contribution in [3.05, 3.63) is 46.0 Å². The average molecular weight is 281 g/mol. The van der Waals surface area contributed by atoms with E-state index in [-0.39, 0.29) is 16.4 Å². The van der Waals surface area contributed by atoms with Crippen LogP contribution in [0.3, 0.4) is 0 Å². The van der Waals surface area contributed by atoms with Crippen LogP contribution in [0.1, 0.15) is 28.2 Å². The average Bonchev–Trinajstić information content (AvgIpc) is 2.94. The third-order valence-electron chi connectivity index (χ3n) is 3.29. The third kappa shape index (κ3) is 1.81. The minimum Gasteiger partial charge on any atom is -0.476 e. The van der Waals surface area contributed by atoms with Gasteiger partial charge in [-0.25, -0.2) is 13.9 Å². The summed E-state index contributed by atoms with van der Waals surface area (Å²) in [6.45, 7) is 0. The molecule has 4 nitrogen and oxygen atoms in total. The number of carbonyl (C=O) groups is 1. The summed E-state index contributed by atoms with van der Waals surface area (Å²) in [7, 11) is 0. The van der Waals surface area contributed by atoms with Crippen LogP contribution in [0, 0.1) is 5.82 Å². The molecule has 1 aromatic heterocycles. The Morgan fingerprint density at radius 2 is 2.21 bits per heavy atom. The second kappa shape index (κ2) is 4.35. The molecular formula is C13H10ClFN2O2. The van der Waals surface area contributed by atoms with Crippen LogP contribution in [0.15, 0.2) is 18.2 Å². The zero-order valence-corrected chi connectivity index (χ0v) is 10.6. The monoisotopic (exact) mass is 280 g/mol. The van der Waals surface area contributed by atoms with Crippen LogP contribution in [0.25, 0.3) is 5.69 Å². The second-order valence-electron chi connectivity index (χ2n) is 4.42. The van der Waals surface area contributed by atoms with Crippen molar-refractivity contribution in [2.45, 2.75) is 19.3 Å². The number of hydrogen-bond acceptors (Lipinski definition) is 2. The molecule has 3 rings (SSSR count). The largest absolute Gasteiger partial charge is 0.476 e. The SMILES string of the molecule is O=C(O)c1nn(-c2cccc(Cl)c2F)c2c1CCC2. The smallest absolute Gasteiger partial charge is 0.356 e. The number of carboxylic acids is 1. The molecule has 0 atom stereocenters. The first-order valence-corrected chi connectivity index (χ1v) is 6.26. The van der Waals surface area contributed by atoms with E-state index >= 15 is 0 Å². The van der Waals surface area contributed by atoms with E-state index in [0.29, 0.717) is 18.4 Å². The summed E-state index contributed by atoms with van der Waals surface area (Å²) in [6.07, 6.45) is 2.22. The summed E-state index contributed by atoms with van der Waals surface area (Å²) >= 11 is 5.75. The van der Waals surface area contributed by atoms with Gasteiger partial charge in [-0.3, -0.25) is 0 Å². The van der Waals surface area contributed by atoms with Crippen molar-refractivity contribution < 1.29 is 14.3 Å². The number of hydrogen-bond donors (Lipinski definition) is 1. The molecule has 1 heterocycles. The summed E-state index contributed by atoms with van der Waals surface area (Å²) in [4.78, 5) is 11.2. The van der Waals surface area contributed by atoms with Crippen molar-refractivity contribution in [2.24, 2.45) is 0 Å². The highest BCUT2D eigenvalue weighted by Gasteiger charge is 2.27. The fourth-order valence-corrected chi connectivity index (χ4v) is 2.63. The number of aromatic carboxylic acids is 1. The van der Waals surface area contributed by atoms with Gasteiger partial charge in [-0.15, -0.1) is 0 Å². The molecular weight excluding hydrogens is 271 g/mol. The Kier molecular flexibility index (Phi) is 2.78. The van der Waals surface area contributed by atoms with Crippen LogP contribution in [0.4, 0.5) is 4.39 Å². The first-order valence-electron chi connectivity index (χ1n) is 5.88. The van der Waals surface area contributed by atoms with Gasteiger partial charge < -0.3 is 5.11 Å². The van der Waals surface area contributed by atoms with Gasteiger partial charge in [0.15, 0.2) is 11.5 Å². The highest BCUT2D eigenvalue weighted by atomic mass is 35.5. The van der Waals surface area contributed by atoms with E-state index in [0.717, 1.165) is 12.1 Å². The Hall–Kier alpha value is -1.88. The van der Waals surface area contributed by atoms with Gasteiger partial charge in [0.1, 0.15) is 5.69 Å². The standard InChI is InChI=1S/C13H10ClFN2O2/c14-8-4-2-6-10(11(8)15)17-9-5-1-3-7(9)12(16-17)13(18)19/h2,4,6H,1,3,5H2,(H,18,19). The normalized spacial score (nSPS) is 13.6. The lowest BCUT2D eigenvalue weighted by Crippen LogP contribution is -2.06. The summed E-state index contributed by atoms with van der Waals surface area (Å²) in [5.74, 6) is -1.67. The van der Waals surface area contributed by atoms with Gasteiger partial charge in [-0.2, -0.15) is 5.10 Å². The van der Waals surface area contributed by atoms with Gasteiger partial charge in [0.2, 0.25) is 0 Å². The summed E-state index contributed by atoms with van der Waals surface area (Å²) in [5.41, 5.74) is 1.66. The number of aromatic nitrogens is 2. The van der Waals surface area contributed by atoms with E-state index in [1.807, 2.05) is 0 Å². The van der Waals surface area contributed by atoms with Crippen molar-refractivity contribution in [3.8, 4) is 5.69 Å². The van der Waals surface area contributed by atoms with Gasteiger partial charge in [-0.1, -0.05) is 17.7 Å². The lowest BCUT2D eigenvalue weighted by Gasteiger charge is -2.07. The zero-order valence-electron chi connectivity index (χ0n) is 9.86. The first-order chi connectivity index (χ1) is 9.09. The minimum atomic E-state index is -1.08. The number of halogens is 2. The minimum absolute atomic E-state index is 0.00313. The van der Waals surface area contributed by atoms with Crippen LogP contribution in [-0.2, 0) is 12.8 Å². The fraction of sp³-hybridized carbons (Fsp3) is 0.231. The molecule has 1 aliphatic carbocycles. The van der Waals surface area contributed by atoms with E-state index < -0.39 is 11.8 Å². The van der Waals surface area contributed by atoms with Gasteiger partial charge >= 0.3 is 5.97 Å². The van der Waals surface area contributed by atoms with Gasteiger partial charge in [0.25, 0.3) is 0 Å². The maximum atomic E-state index is 14.0. The molecule has 1 N–H and O–H groups in total. The predicted molar refractivity (Wildman–Crippen MR) is 67.5 cm³/mol. The summed E-state index contributed by atoms with van der Waals surface area (Å²) in [6, 6.07) is 4.60. The molecule has 0 amide bonds. The summed E-state index contributed by atoms with van der Waals surface area (Å²) < 4.78 is 15.4. The quantitative estimate of drug-likeness (QED) is 0.920. The molecule has 0 aliphatic heterocycles. The van der Waals surface area contributed by atoms with Crippen molar-refractivity contribution in [3.63, 3.8) is 0 Å². The van der Waals surface area contributed by atoms with Gasteiger partial charge in [0.05, 0.1) is 5.02 Å². The zero-order chi connectivity index (χ0) is 13.6. The summed E-state index contributed by atoms with van der Waals surface area (Å²) in [5, 5.41) is 13.2. The molecule has 0 bridgehead atoms. The number of nitrogens with zero attached hydrogens (tertiary/aromatic N) is 2. The van der Waals surface area contributed by atoms with Gasteiger partial charge in [-0.05, 0) is 31.4 Å². The highest BCUT2D eigenvalue weighted by Crippen LogP contribution is 2.30. The Labute approximate surface area is 113 Å². The first kappa shape index (κ1) is 12.2. The number of fused-ring (bicyclic) bond motifs is 1. The molecule has 0 unspecified atom stereocenters. The maximum absolute atomic E-state index is 14.0. The molecule has 0 spiro atoms. The third-order valence-corrected chi connectivity index (χ3v) is 3.58. The predicted octanol–water partition coefficient (Wildman–Crippen LogP) is 2.85. The van der Waals surface area contributed by atoms with E-state index in [4.69, 9.17) is 16.7 Å². The molecule has 0 fully saturated rings. The van der Waals surface area contributed by atoms with E-state index in [1.165, 1.54) is 10.7 Å². The van der Waals surface area contributed by atoms with E-state index in [2.05, 4.69) is 5.10 Å². The second-order valence-corrected chi connectivity index (χ2v) is 4.82. The Balaban J connectivity index is 2.24. The fourth-order valence-electron chi connectivity index (χ4n) is 2.46. The lowest BCUT2D eigenvalue weighted by atomic mass is 10.2. The highest BCUT2D eigenvalue weighted by molar-refractivity contribution is 6.30. The van der Waals surface area contributed by atoms with Crippen molar-refractivity contribution in [1.29, 1.82) is 0 Å². The Bertz CT molecular complexity index is 682. The molecule has 0 saturated heterocycles. The van der Waals surface area contributed by atoms with Crippen molar-refractivity contribution in [1.82, 2.24) is 9.78 Å². The van der Waals surface area contributed by atoms with E-state index in [1.54, 1.807) is 12.1 Å². The Morgan fingerprint density at radius 1 is 1.42 bits per heavy atom. The molecule has 98 valence electrons. The molecule has 1 aliphatic rings. The van der Waals surface area contributed by atoms with Crippen LogP contribution in [0.5, 0.6) is 0 Å². The lowest BCUT2D eigenvalue weighted by molar-refractivity contribution is 0.0689. The van der Waals surface area contributed by atoms with Gasteiger partial charge in [0, 0.05) is 11.3 Å².